The Labute approximate surface area is 322 Å². The van der Waals surface area contributed by atoms with Crippen LogP contribution in [0.4, 0.5) is 0 Å². The maximum Gasteiger partial charge on any atom is 0.344 e. The Morgan fingerprint density at radius 1 is 0.907 bits per heavy atom. The Morgan fingerprint density at radius 3 is 2.43 bits per heavy atom. The van der Waals surface area contributed by atoms with E-state index < -0.39 is 0 Å². The summed E-state index contributed by atoms with van der Waals surface area (Å²) in [5.41, 5.74) is 2.29. The van der Waals surface area contributed by atoms with E-state index in [4.69, 9.17) is 23.4 Å². The number of hydrogen-bond donors (Lipinski definition) is 0. The number of carbonyl (C=O) groups excluding carboxylic acids is 1. The van der Waals surface area contributed by atoms with Crippen molar-refractivity contribution in [2.24, 2.45) is 46.3 Å². The quantitative estimate of drug-likeness (QED) is 0.127. The van der Waals surface area contributed by atoms with Crippen molar-refractivity contribution in [2.45, 2.75) is 125 Å². The lowest BCUT2D eigenvalue weighted by molar-refractivity contribution is -0.153. The van der Waals surface area contributed by atoms with Crippen LogP contribution < -0.4 is 19.6 Å². The summed E-state index contributed by atoms with van der Waals surface area (Å²) in [4.78, 5) is 26.4. The molecule has 0 unspecified atom stereocenters. The summed E-state index contributed by atoms with van der Waals surface area (Å²) in [5.74, 6) is 6.62. The number of allylic oxidation sites excluding steroid dienone is 1. The first-order valence-corrected chi connectivity index (χ1v) is 20.9. The van der Waals surface area contributed by atoms with Crippen molar-refractivity contribution < 1.29 is 28.2 Å². The van der Waals surface area contributed by atoms with Gasteiger partial charge < -0.3 is 23.4 Å². The first-order chi connectivity index (χ1) is 25.9. The molecule has 7 rings (SSSR count). The lowest BCUT2D eigenvalue weighted by Crippen LogP contribution is -2.51. The van der Waals surface area contributed by atoms with E-state index in [2.05, 4.69) is 40.7 Å². The molecule has 292 valence electrons. The standard InChI is InChI=1S/C47H62O7/c1-8-50-33-13-15-34(16-14-33)54-45-31(5)52-42-27-35(17-19-38(42)44(45)49)51-28-43(48)53-36-22-24-46(6)32(26-36)12-18-37-40-21-20-39(30(4)11-9-10-29(2)3)47(40,7)25-23-41(37)46/h12-17,19,27,29-30,36-37,39-41H,8-11,18,20-26,28H2,1-7H3/t30-,36+,37-,39-,40-,41-,46+,47+/m0/s1. The van der Waals surface area contributed by atoms with Gasteiger partial charge in [0.2, 0.25) is 11.2 Å². The van der Waals surface area contributed by atoms with Gasteiger partial charge in [-0.25, -0.2) is 4.79 Å². The number of rotatable bonds is 13. The number of carbonyl (C=O) groups is 1. The van der Waals surface area contributed by atoms with Gasteiger partial charge in [0.25, 0.3) is 0 Å². The Kier molecular flexibility index (Phi) is 11.3. The van der Waals surface area contributed by atoms with Gasteiger partial charge in [-0.2, -0.15) is 0 Å². The molecule has 4 aliphatic carbocycles. The van der Waals surface area contributed by atoms with Gasteiger partial charge in [-0.1, -0.05) is 65.5 Å². The first kappa shape index (κ1) is 38.5. The van der Waals surface area contributed by atoms with Crippen LogP contribution in [-0.4, -0.2) is 25.3 Å². The molecule has 0 N–H and O–H groups in total. The second-order valence-electron chi connectivity index (χ2n) is 17.9. The molecule has 3 aromatic rings. The highest BCUT2D eigenvalue weighted by molar-refractivity contribution is 5.80. The number of ether oxygens (including phenoxy) is 4. The molecule has 0 aliphatic heterocycles. The Hall–Kier alpha value is -3.74. The molecule has 4 aliphatic rings. The van der Waals surface area contributed by atoms with Crippen molar-refractivity contribution in [3.63, 3.8) is 0 Å². The molecule has 0 amide bonds. The van der Waals surface area contributed by atoms with Crippen LogP contribution in [0.1, 0.15) is 118 Å². The summed E-state index contributed by atoms with van der Waals surface area (Å²) in [6, 6.07) is 12.1. The molecular weight excluding hydrogens is 677 g/mol. The average Bonchev–Trinajstić information content (AvgIpc) is 3.50. The van der Waals surface area contributed by atoms with Crippen LogP contribution in [0.15, 0.2) is 63.3 Å². The molecule has 7 nitrogen and oxygen atoms in total. The number of fused-ring (bicyclic) bond motifs is 6. The van der Waals surface area contributed by atoms with Crippen molar-refractivity contribution >= 4 is 16.9 Å². The van der Waals surface area contributed by atoms with E-state index in [1.54, 1.807) is 49.4 Å². The van der Waals surface area contributed by atoms with E-state index in [1.165, 1.54) is 56.9 Å². The average molecular weight is 739 g/mol. The molecule has 0 bridgehead atoms. The third-order valence-electron chi connectivity index (χ3n) is 14.3. The summed E-state index contributed by atoms with van der Waals surface area (Å²) in [6.45, 7) is 16.4. The van der Waals surface area contributed by atoms with Gasteiger partial charge >= 0.3 is 5.97 Å². The molecule has 0 saturated heterocycles. The summed E-state index contributed by atoms with van der Waals surface area (Å²) >= 11 is 0. The van der Waals surface area contributed by atoms with Crippen LogP contribution in [-0.2, 0) is 9.53 Å². The maximum atomic E-state index is 13.3. The number of hydrogen-bond acceptors (Lipinski definition) is 7. The molecule has 8 atom stereocenters. The largest absolute Gasteiger partial charge is 0.494 e. The van der Waals surface area contributed by atoms with Gasteiger partial charge in [0, 0.05) is 12.5 Å². The monoisotopic (exact) mass is 738 g/mol. The summed E-state index contributed by atoms with van der Waals surface area (Å²) < 4.78 is 29.3. The van der Waals surface area contributed by atoms with Crippen molar-refractivity contribution in [3.05, 3.63) is 70.1 Å². The molecule has 3 saturated carbocycles. The van der Waals surface area contributed by atoms with Crippen LogP contribution in [0.5, 0.6) is 23.0 Å². The van der Waals surface area contributed by atoms with Gasteiger partial charge in [0.1, 0.15) is 34.7 Å². The highest BCUT2D eigenvalue weighted by Crippen LogP contribution is 2.67. The molecular formula is C47H62O7. The number of esters is 1. The van der Waals surface area contributed by atoms with Crippen molar-refractivity contribution in [1.29, 1.82) is 0 Å². The fraction of sp³-hybridized carbons (Fsp3) is 0.617. The molecule has 0 spiro atoms. The topological polar surface area (TPSA) is 84.2 Å². The third-order valence-corrected chi connectivity index (χ3v) is 14.3. The van der Waals surface area contributed by atoms with Crippen molar-refractivity contribution in [2.75, 3.05) is 13.2 Å². The van der Waals surface area contributed by atoms with Gasteiger partial charge in [0.05, 0.1) is 12.0 Å². The van der Waals surface area contributed by atoms with E-state index in [0.29, 0.717) is 40.3 Å². The zero-order valence-electron chi connectivity index (χ0n) is 33.7. The van der Waals surface area contributed by atoms with Crippen LogP contribution in [0, 0.1) is 53.3 Å². The van der Waals surface area contributed by atoms with E-state index in [-0.39, 0.29) is 35.3 Å². The van der Waals surface area contributed by atoms with Crippen LogP contribution in [0.25, 0.3) is 11.0 Å². The lowest BCUT2D eigenvalue weighted by Gasteiger charge is -2.58. The minimum Gasteiger partial charge on any atom is -0.494 e. The molecule has 2 aromatic carbocycles. The van der Waals surface area contributed by atoms with Crippen molar-refractivity contribution in [3.8, 4) is 23.0 Å². The highest BCUT2D eigenvalue weighted by atomic mass is 16.6. The van der Waals surface area contributed by atoms with Crippen molar-refractivity contribution in [1.82, 2.24) is 0 Å². The smallest absolute Gasteiger partial charge is 0.344 e. The minimum atomic E-state index is -0.373. The number of aryl methyl sites for hydroxylation is 1. The van der Waals surface area contributed by atoms with Gasteiger partial charge in [-0.15, -0.1) is 0 Å². The zero-order chi connectivity index (χ0) is 38.2. The zero-order valence-corrected chi connectivity index (χ0v) is 33.7. The molecule has 3 fully saturated rings. The first-order valence-electron chi connectivity index (χ1n) is 20.9. The SMILES string of the molecule is CCOc1ccc(Oc2c(C)oc3cc(OCC(=O)O[C@@H]4CC[C@]5(C)C(=CC[C@H]6[C@@H]7CC[C@@H]([C@@H](C)CCCC(C)C)[C@@]7(C)CC[C@@H]65)C4)ccc3c2=O)cc1. The predicted molar refractivity (Wildman–Crippen MR) is 213 cm³/mol. The Morgan fingerprint density at radius 2 is 1.67 bits per heavy atom. The minimum absolute atomic E-state index is 0.126. The molecule has 0 radical (unpaired) electrons. The summed E-state index contributed by atoms with van der Waals surface area (Å²) in [6.07, 6.45) is 16.0. The maximum absolute atomic E-state index is 13.3. The predicted octanol–water partition coefficient (Wildman–Crippen LogP) is 11.6. The molecule has 54 heavy (non-hydrogen) atoms. The lowest BCUT2D eigenvalue weighted by atomic mass is 9.47. The molecule has 7 heteroatoms. The highest BCUT2D eigenvalue weighted by Gasteiger charge is 2.59. The Bertz CT molecular complexity index is 1890. The Balaban J connectivity index is 0.936. The fourth-order valence-electron chi connectivity index (χ4n) is 11.5. The van der Waals surface area contributed by atoms with E-state index in [9.17, 15) is 9.59 Å². The summed E-state index contributed by atoms with van der Waals surface area (Å²) in [7, 11) is 0. The van der Waals surface area contributed by atoms with E-state index in [1.807, 2.05) is 6.92 Å². The van der Waals surface area contributed by atoms with E-state index in [0.717, 1.165) is 60.5 Å². The molecule has 1 heterocycles. The fourth-order valence-corrected chi connectivity index (χ4v) is 11.5. The molecule has 1 aromatic heterocycles. The normalized spacial score (nSPS) is 29.5. The summed E-state index contributed by atoms with van der Waals surface area (Å²) in [5, 5.41) is 0.367. The van der Waals surface area contributed by atoms with Crippen LogP contribution in [0.2, 0.25) is 0 Å². The van der Waals surface area contributed by atoms with Crippen LogP contribution >= 0.6 is 0 Å². The van der Waals surface area contributed by atoms with E-state index >= 15 is 0 Å². The third kappa shape index (κ3) is 7.58. The van der Waals surface area contributed by atoms with Gasteiger partial charge in [-0.05, 0) is 142 Å². The van der Waals surface area contributed by atoms with Gasteiger partial charge in [-0.3, -0.25) is 4.79 Å². The number of benzene rings is 2. The van der Waals surface area contributed by atoms with Crippen LogP contribution in [0.3, 0.4) is 0 Å². The van der Waals surface area contributed by atoms with Gasteiger partial charge in [0.15, 0.2) is 6.61 Å². The second-order valence-corrected chi connectivity index (χ2v) is 17.9. The second kappa shape index (κ2) is 15.8.